The van der Waals surface area contributed by atoms with Gasteiger partial charge in [-0.1, -0.05) is 48.5 Å². The molecule has 0 unspecified atom stereocenters. The van der Waals surface area contributed by atoms with Gasteiger partial charge in [-0.05, 0) is 12.1 Å². The van der Waals surface area contributed by atoms with Crippen LogP contribution >= 0.6 is 0 Å². The number of hydrogen-bond donors (Lipinski definition) is 1. The second-order valence-electron chi connectivity index (χ2n) is 4.13. The van der Waals surface area contributed by atoms with Crippen LogP contribution in [0.25, 0.3) is 0 Å². The van der Waals surface area contributed by atoms with Crippen molar-refractivity contribution in [3.8, 4) is 0 Å². The third kappa shape index (κ3) is 3.92. The second kappa shape index (κ2) is 6.21. The second-order valence-corrected chi connectivity index (χ2v) is 4.13. The minimum atomic E-state index is -4.66. The van der Waals surface area contributed by atoms with Crippen molar-refractivity contribution in [2.45, 2.75) is 6.18 Å². The van der Waals surface area contributed by atoms with Gasteiger partial charge in [-0.25, -0.2) is 5.43 Å². The molecule has 108 valence electrons. The molecular formula is C15H11F3N2O. The lowest BCUT2D eigenvalue weighted by atomic mass is 10.1. The van der Waals surface area contributed by atoms with Crippen LogP contribution in [0.5, 0.6) is 0 Å². The van der Waals surface area contributed by atoms with E-state index >= 15 is 0 Å². The molecule has 0 aliphatic carbocycles. The highest BCUT2D eigenvalue weighted by atomic mass is 19.4. The van der Waals surface area contributed by atoms with Gasteiger partial charge in [-0.3, -0.25) is 4.79 Å². The monoisotopic (exact) mass is 292 g/mol. The molecule has 2 aromatic rings. The Morgan fingerprint density at radius 1 is 0.857 bits per heavy atom. The van der Waals surface area contributed by atoms with Crippen LogP contribution < -0.4 is 5.43 Å². The minimum Gasteiger partial charge on any atom is -0.267 e. The number of rotatable bonds is 3. The molecule has 1 N–H and O–H groups in total. The number of hydrazone groups is 1. The predicted octanol–water partition coefficient (Wildman–Crippen LogP) is 3.38. The van der Waals surface area contributed by atoms with Crippen LogP contribution in [0.1, 0.15) is 15.9 Å². The Morgan fingerprint density at radius 2 is 1.33 bits per heavy atom. The molecular weight excluding hydrogens is 281 g/mol. The summed E-state index contributed by atoms with van der Waals surface area (Å²) in [5.74, 6) is -0.701. The van der Waals surface area contributed by atoms with Crippen molar-refractivity contribution < 1.29 is 18.0 Å². The summed E-state index contributed by atoms with van der Waals surface area (Å²) in [5.41, 5.74) is 0.907. The van der Waals surface area contributed by atoms with Gasteiger partial charge in [0.1, 0.15) is 0 Å². The Balaban J connectivity index is 2.25. The molecule has 0 saturated heterocycles. The number of carbonyl (C=O) groups excluding carboxylic acids is 1. The standard InChI is InChI=1S/C15H11F3N2O/c16-15(17,18)13(11-7-3-1-4-8-11)19-20-14(21)12-9-5-2-6-10-12/h1-10H,(H,20,21). The number of carbonyl (C=O) groups is 1. The van der Waals surface area contributed by atoms with Crippen LogP contribution in [0.4, 0.5) is 13.2 Å². The summed E-state index contributed by atoms with van der Waals surface area (Å²) >= 11 is 0. The van der Waals surface area contributed by atoms with Gasteiger partial charge in [-0.2, -0.15) is 18.3 Å². The summed E-state index contributed by atoms with van der Waals surface area (Å²) in [7, 11) is 0. The topological polar surface area (TPSA) is 41.5 Å². The summed E-state index contributed by atoms with van der Waals surface area (Å²) < 4.78 is 38.9. The highest BCUT2D eigenvalue weighted by Gasteiger charge is 2.37. The van der Waals surface area contributed by atoms with Gasteiger partial charge >= 0.3 is 6.18 Å². The largest absolute Gasteiger partial charge is 0.435 e. The first kappa shape index (κ1) is 14.8. The lowest BCUT2D eigenvalue weighted by Crippen LogP contribution is -2.29. The zero-order valence-electron chi connectivity index (χ0n) is 10.8. The maximum absolute atomic E-state index is 13.0. The van der Waals surface area contributed by atoms with E-state index in [1.165, 1.54) is 36.4 Å². The number of alkyl halides is 3. The smallest absolute Gasteiger partial charge is 0.267 e. The van der Waals surface area contributed by atoms with Crippen molar-refractivity contribution in [2.24, 2.45) is 5.10 Å². The summed E-state index contributed by atoms with van der Waals surface area (Å²) in [5, 5.41) is 3.23. The van der Waals surface area contributed by atoms with E-state index in [1.807, 2.05) is 5.43 Å². The van der Waals surface area contributed by atoms with E-state index < -0.39 is 17.8 Å². The molecule has 0 fully saturated rings. The van der Waals surface area contributed by atoms with E-state index in [-0.39, 0.29) is 11.1 Å². The quantitative estimate of drug-likeness (QED) is 0.684. The van der Waals surface area contributed by atoms with E-state index in [0.29, 0.717) is 0 Å². The van der Waals surface area contributed by atoms with Crippen molar-refractivity contribution in [1.82, 2.24) is 5.43 Å². The lowest BCUT2D eigenvalue weighted by molar-refractivity contribution is -0.0583. The van der Waals surface area contributed by atoms with E-state index in [1.54, 1.807) is 24.3 Å². The summed E-state index contributed by atoms with van der Waals surface area (Å²) in [6.45, 7) is 0. The first-order valence-corrected chi connectivity index (χ1v) is 6.04. The third-order valence-electron chi connectivity index (χ3n) is 2.62. The molecule has 6 heteroatoms. The van der Waals surface area contributed by atoms with Gasteiger partial charge in [-0.15, -0.1) is 0 Å². The molecule has 0 saturated carbocycles. The Bertz CT molecular complexity index is 637. The molecule has 0 aliphatic heterocycles. The normalized spacial score (nSPS) is 12.0. The first-order chi connectivity index (χ1) is 9.98. The molecule has 21 heavy (non-hydrogen) atoms. The van der Waals surface area contributed by atoms with Gasteiger partial charge in [0, 0.05) is 11.1 Å². The highest BCUT2D eigenvalue weighted by molar-refractivity contribution is 6.05. The maximum Gasteiger partial charge on any atom is 0.435 e. The molecule has 0 radical (unpaired) electrons. The first-order valence-electron chi connectivity index (χ1n) is 6.04. The van der Waals surface area contributed by atoms with Crippen LogP contribution in [0.3, 0.4) is 0 Å². The summed E-state index contributed by atoms with van der Waals surface area (Å²) in [4.78, 5) is 11.7. The van der Waals surface area contributed by atoms with E-state index in [9.17, 15) is 18.0 Å². The average Bonchev–Trinajstić information content (AvgIpc) is 2.48. The molecule has 0 atom stereocenters. The molecule has 2 rings (SSSR count). The van der Waals surface area contributed by atoms with Crippen LogP contribution in [0.2, 0.25) is 0 Å². The lowest BCUT2D eigenvalue weighted by Gasteiger charge is -2.10. The van der Waals surface area contributed by atoms with Crippen molar-refractivity contribution >= 4 is 11.6 Å². The molecule has 3 nitrogen and oxygen atoms in total. The molecule has 0 spiro atoms. The fourth-order valence-electron chi connectivity index (χ4n) is 1.65. The maximum atomic E-state index is 13.0. The van der Waals surface area contributed by atoms with E-state index in [0.717, 1.165) is 0 Å². The number of nitrogens with zero attached hydrogens (tertiary/aromatic N) is 1. The molecule has 0 aromatic heterocycles. The Kier molecular flexibility index (Phi) is 4.37. The average molecular weight is 292 g/mol. The van der Waals surface area contributed by atoms with Gasteiger partial charge in [0.25, 0.3) is 5.91 Å². The number of benzene rings is 2. The highest BCUT2D eigenvalue weighted by Crippen LogP contribution is 2.22. The molecule has 2 aromatic carbocycles. The number of amides is 1. The van der Waals surface area contributed by atoms with Gasteiger partial charge in [0.2, 0.25) is 0 Å². The van der Waals surface area contributed by atoms with Crippen LogP contribution in [0.15, 0.2) is 65.8 Å². The van der Waals surface area contributed by atoms with Crippen molar-refractivity contribution in [3.63, 3.8) is 0 Å². The number of hydrogen-bond acceptors (Lipinski definition) is 2. The third-order valence-corrected chi connectivity index (χ3v) is 2.62. The summed E-state index contributed by atoms with van der Waals surface area (Å²) in [6, 6.07) is 15.0. The van der Waals surface area contributed by atoms with Crippen molar-refractivity contribution in [1.29, 1.82) is 0 Å². The van der Waals surface area contributed by atoms with Gasteiger partial charge < -0.3 is 0 Å². The predicted molar refractivity (Wildman–Crippen MR) is 72.9 cm³/mol. The van der Waals surface area contributed by atoms with Crippen LogP contribution in [0, 0.1) is 0 Å². The van der Waals surface area contributed by atoms with Gasteiger partial charge in [0.15, 0.2) is 5.71 Å². The van der Waals surface area contributed by atoms with Crippen LogP contribution in [-0.4, -0.2) is 17.8 Å². The molecule has 1 amide bonds. The van der Waals surface area contributed by atoms with Crippen molar-refractivity contribution in [3.05, 3.63) is 71.8 Å². The van der Waals surface area contributed by atoms with E-state index in [2.05, 4.69) is 5.10 Å². The Morgan fingerprint density at radius 3 is 1.81 bits per heavy atom. The number of halogens is 3. The zero-order chi connectivity index (χ0) is 15.3. The fraction of sp³-hybridized carbons (Fsp3) is 0.0667. The summed E-state index contributed by atoms with van der Waals surface area (Å²) in [6.07, 6.45) is -4.66. The van der Waals surface area contributed by atoms with Crippen molar-refractivity contribution in [2.75, 3.05) is 0 Å². The zero-order valence-corrected chi connectivity index (χ0v) is 10.8. The molecule has 0 bridgehead atoms. The minimum absolute atomic E-state index is 0.113. The Hall–Kier alpha value is -2.63. The van der Waals surface area contributed by atoms with Crippen LogP contribution in [-0.2, 0) is 0 Å². The molecule has 0 aliphatic rings. The molecule has 0 heterocycles. The Labute approximate surface area is 119 Å². The SMILES string of the molecule is O=C(NN=C(c1ccccc1)C(F)(F)F)c1ccccc1. The number of nitrogens with one attached hydrogen (secondary N) is 1. The van der Waals surface area contributed by atoms with E-state index in [4.69, 9.17) is 0 Å². The fourth-order valence-corrected chi connectivity index (χ4v) is 1.65. The van der Waals surface area contributed by atoms with Gasteiger partial charge in [0.05, 0.1) is 0 Å².